The van der Waals surface area contributed by atoms with Gasteiger partial charge in [0, 0.05) is 18.8 Å². The fourth-order valence-corrected chi connectivity index (χ4v) is 2.96. The monoisotopic (exact) mass is 376 g/mol. The second-order valence-corrected chi connectivity index (χ2v) is 6.21. The van der Waals surface area contributed by atoms with E-state index in [1.807, 2.05) is 55.5 Å². The van der Waals surface area contributed by atoms with Crippen LogP contribution in [0.1, 0.15) is 23.0 Å². The van der Waals surface area contributed by atoms with Crippen molar-refractivity contribution >= 4 is 17.4 Å². The molecule has 7 heteroatoms. The molecule has 0 atom stereocenters. The first-order chi connectivity index (χ1) is 13.7. The Morgan fingerprint density at radius 2 is 1.89 bits per heavy atom. The first-order valence-corrected chi connectivity index (χ1v) is 9.06. The zero-order valence-electron chi connectivity index (χ0n) is 15.5. The largest absolute Gasteiger partial charge is 0.454 e. The lowest BCUT2D eigenvalue weighted by molar-refractivity contribution is 0.0983. The van der Waals surface area contributed by atoms with Gasteiger partial charge in [-0.2, -0.15) is 0 Å². The minimum Gasteiger partial charge on any atom is -0.454 e. The number of nitrogens with zero attached hydrogens (tertiary/aromatic N) is 3. The Hall–Kier alpha value is -3.61. The number of rotatable bonds is 6. The number of fused-ring (bicyclic) bond motifs is 1. The molecule has 0 saturated carbocycles. The Morgan fingerprint density at radius 3 is 2.64 bits per heavy atom. The van der Waals surface area contributed by atoms with E-state index in [0.717, 1.165) is 22.7 Å². The highest BCUT2D eigenvalue weighted by Crippen LogP contribution is 2.32. The first-order valence-electron chi connectivity index (χ1n) is 9.06. The van der Waals surface area contributed by atoms with Crippen LogP contribution in [0.25, 0.3) is 0 Å². The lowest BCUT2D eigenvalue weighted by Gasteiger charge is -2.20. The predicted octanol–water partition coefficient (Wildman–Crippen LogP) is 3.48. The maximum absolute atomic E-state index is 12.8. The Bertz CT molecular complexity index is 961. The molecule has 0 saturated heterocycles. The van der Waals surface area contributed by atoms with Crippen molar-refractivity contribution in [1.82, 2.24) is 9.97 Å². The molecule has 1 aliphatic rings. The maximum Gasteiger partial charge on any atom is 0.278 e. The molecule has 0 bridgehead atoms. The van der Waals surface area contributed by atoms with Crippen LogP contribution in [0.4, 0.5) is 11.5 Å². The summed E-state index contributed by atoms with van der Waals surface area (Å²) in [7, 11) is 0. The Kier molecular flexibility index (Phi) is 5.05. The zero-order chi connectivity index (χ0) is 19.3. The van der Waals surface area contributed by atoms with Crippen molar-refractivity contribution in [2.75, 3.05) is 23.6 Å². The van der Waals surface area contributed by atoms with Crippen LogP contribution in [-0.2, 0) is 6.54 Å². The van der Waals surface area contributed by atoms with E-state index in [-0.39, 0.29) is 12.7 Å². The molecule has 2 heterocycles. The average Bonchev–Trinajstić information content (AvgIpc) is 3.22. The minimum atomic E-state index is -0.177. The van der Waals surface area contributed by atoms with Crippen molar-refractivity contribution in [3.05, 3.63) is 72.2 Å². The number of carbonyl (C=O) groups excluding carboxylic acids is 1. The van der Waals surface area contributed by atoms with Gasteiger partial charge < -0.3 is 19.7 Å². The number of nitrogens with one attached hydrogen (secondary N) is 1. The van der Waals surface area contributed by atoms with Gasteiger partial charge in [0.05, 0.1) is 12.4 Å². The second-order valence-electron chi connectivity index (χ2n) is 6.21. The van der Waals surface area contributed by atoms with Gasteiger partial charge in [0.1, 0.15) is 11.5 Å². The van der Waals surface area contributed by atoms with Gasteiger partial charge in [0.2, 0.25) is 6.79 Å². The summed E-state index contributed by atoms with van der Waals surface area (Å²) in [6.07, 6.45) is 3.06. The number of amides is 1. The van der Waals surface area contributed by atoms with Gasteiger partial charge in [-0.25, -0.2) is 9.97 Å². The van der Waals surface area contributed by atoms with Crippen LogP contribution in [0.15, 0.2) is 60.9 Å². The maximum atomic E-state index is 12.8. The molecular formula is C21H20N4O3. The van der Waals surface area contributed by atoms with Crippen LogP contribution in [0.5, 0.6) is 11.5 Å². The van der Waals surface area contributed by atoms with E-state index in [9.17, 15) is 4.79 Å². The number of aromatic nitrogens is 2. The number of hydrogen-bond donors (Lipinski definition) is 1. The highest BCUT2D eigenvalue weighted by molar-refractivity contribution is 6.04. The first kappa shape index (κ1) is 17.8. The van der Waals surface area contributed by atoms with Crippen molar-refractivity contribution in [3.8, 4) is 11.5 Å². The second kappa shape index (κ2) is 7.96. The van der Waals surface area contributed by atoms with Crippen molar-refractivity contribution < 1.29 is 14.3 Å². The quantitative estimate of drug-likeness (QED) is 0.710. The molecule has 1 N–H and O–H groups in total. The highest BCUT2D eigenvalue weighted by Gasteiger charge is 2.18. The van der Waals surface area contributed by atoms with Gasteiger partial charge in [0.15, 0.2) is 11.5 Å². The predicted molar refractivity (Wildman–Crippen MR) is 106 cm³/mol. The van der Waals surface area contributed by atoms with Crippen molar-refractivity contribution in [2.45, 2.75) is 13.5 Å². The number of anilines is 2. The molecular weight excluding hydrogens is 356 g/mol. The summed E-state index contributed by atoms with van der Waals surface area (Å²) in [4.78, 5) is 23.0. The summed E-state index contributed by atoms with van der Waals surface area (Å²) in [5.41, 5.74) is 2.17. The van der Waals surface area contributed by atoms with E-state index in [4.69, 9.17) is 9.47 Å². The summed E-state index contributed by atoms with van der Waals surface area (Å²) < 4.78 is 10.7. The van der Waals surface area contributed by atoms with Crippen molar-refractivity contribution in [2.24, 2.45) is 0 Å². The molecule has 4 rings (SSSR count). The third-order valence-electron chi connectivity index (χ3n) is 4.41. The number of benzene rings is 2. The molecule has 0 fully saturated rings. The SMILES string of the molecule is CCN(C(=O)c1cnc(NCc2ccc3c(c2)OCO3)cn1)c1ccccc1. The average molecular weight is 376 g/mol. The smallest absolute Gasteiger partial charge is 0.278 e. The summed E-state index contributed by atoms with van der Waals surface area (Å²) in [5.74, 6) is 1.91. The van der Waals surface area contributed by atoms with Crippen LogP contribution < -0.4 is 19.7 Å². The van der Waals surface area contributed by atoms with Gasteiger partial charge in [-0.15, -0.1) is 0 Å². The normalized spacial score (nSPS) is 11.9. The lowest BCUT2D eigenvalue weighted by Crippen LogP contribution is -2.31. The van der Waals surface area contributed by atoms with Crippen LogP contribution >= 0.6 is 0 Å². The number of para-hydroxylation sites is 1. The Morgan fingerprint density at radius 1 is 1.07 bits per heavy atom. The zero-order valence-corrected chi connectivity index (χ0v) is 15.5. The van der Waals surface area contributed by atoms with Gasteiger partial charge in [-0.1, -0.05) is 24.3 Å². The summed E-state index contributed by atoms with van der Waals surface area (Å²) in [6, 6.07) is 15.3. The third-order valence-corrected chi connectivity index (χ3v) is 4.41. The molecule has 3 aromatic rings. The summed E-state index contributed by atoms with van der Waals surface area (Å²) in [6.45, 7) is 3.29. The van der Waals surface area contributed by atoms with Gasteiger partial charge in [-0.05, 0) is 36.8 Å². The molecule has 1 aliphatic heterocycles. The highest BCUT2D eigenvalue weighted by atomic mass is 16.7. The number of carbonyl (C=O) groups is 1. The fraction of sp³-hybridized carbons (Fsp3) is 0.190. The standard InChI is InChI=1S/C21H20N4O3/c1-2-25(16-6-4-3-5-7-16)21(26)17-12-24-20(13-22-17)23-11-15-8-9-18-19(10-15)28-14-27-18/h3-10,12-13H,2,11,14H2,1H3,(H,23,24). The van der Waals surface area contributed by atoms with E-state index < -0.39 is 0 Å². The van der Waals surface area contributed by atoms with Crippen LogP contribution in [0, 0.1) is 0 Å². The molecule has 0 spiro atoms. The van der Waals surface area contributed by atoms with Gasteiger partial charge >= 0.3 is 0 Å². The van der Waals surface area contributed by atoms with E-state index >= 15 is 0 Å². The molecule has 142 valence electrons. The molecule has 2 aromatic carbocycles. The minimum absolute atomic E-state index is 0.177. The van der Waals surface area contributed by atoms with Gasteiger partial charge in [0.25, 0.3) is 5.91 Å². The van der Waals surface area contributed by atoms with Gasteiger partial charge in [-0.3, -0.25) is 4.79 Å². The molecule has 1 aromatic heterocycles. The third kappa shape index (κ3) is 3.73. The van der Waals surface area contributed by atoms with Crippen molar-refractivity contribution in [3.63, 3.8) is 0 Å². The summed E-state index contributed by atoms with van der Waals surface area (Å²) in [5, 5.41) is 3.20. The molecule has 1 amide bonds. The van der Waals surface area contributed by atoms with Crippen LogP contribution in [-0.4, -0.2) is 29.2 Å². The van der Waals surface area contributed by atoms with E-state index in [0.29, 0.717) is 24.6 Å². The number of ether oxygens (including phenoxy) is 2. The Labute approximate surface area is 163 Å². The molecule has 28 heavy (non-hydrogen) atoms. The molecule has 0 radical (unpaired) electrons. The molecule has 0 unspecified atom stereocenters. The van der Waals surface area contributed by atoms with E-state index in [1.54, 1.807) is 11.1 Å². The fourth-order valence-electron chi connectivity index (χ4n) is 2.96. The van der Waals surface area contributed by atoms with Crippen LogP contribution in [0.3, 0.4) is 0 Å². The molecule has 0 aliphatic carbocycles. The van der Waals surface area contributed by atoms with E-state index in [2.05, 4.69) is 15.3 Å². The Balaban J connectivity index is 1.41. The van der Waals surface area contributed by atoms with Crippen molar-refractivity contribution in [1.29, 1.82) is 0 Å². The number of hydrogen-bond acceptors (Lipinski definition) is 6. The topological polar surface area (TPSA) is 76.6 Å². The van der Waals surface area contributed by atoms with E-state index in [1.165, 1.54) is 6.20 Å². The summed E-state index contributed by atoms with van der Waals surface area (Å²) >= 11 is 0. The lowest BCUT2D eigenvalue weighted by atomic mass is 10.2. The van der Waals surface area contributed by atoms with Crippen LogP contribution in [0.2, 0.25) is 0 Å². The molecule has 7 nitrogen and oxygen atoms in total.